The number of nitrogens with one attached hydrogen (secondary N) is 1. The van der Waals surface area contributed by atoms with Crippen LogP contribution in [0.4, 0.5) is 5.69 Å². The minimum atomic E-state index is -0.294. The van der Waals surface area contributed by atoms with Crippen LogP contribution in [0.1, 0.15) is 28.4 Å². The molecule has 0 radical (unpaired) electrons. The largest absolute Gasteiger partial charge is 0.340 e. The summed E-state index contributed by atoms with van der Waals surface area (Å²) in [5.74, 6) is 0.121. The zero-order chi connectivity index (χ0) is 24.6. The van der Waals surface area contributed by atoms with E-state index in [0.29, 0.717) is 26.2 Å². The quantitative estimate of drug-likeness (QED) is 0.459. The lowest BCUT2D eigenvalue weighted by Crippen LogP contribution is -2.39. The van der Waals surface area contributed by atoms with Gasteiger partial charge in [0.05, 0.1) is 6.54 Å². The van der Waals surface area contributed by atoms with Gasteiger partial charge in [0, 0.05) is 36.8 Å². The van der Waals surface area contributed by atoms with Crippen LogP contribution in [0.3, 0.4) is 0 Å². The number of benzene rings is 3. The van der Waals surface area contributed by atoms with Gasteiger partial charge in [-0.15, -0.1) is 11.8 Å². The van der Waals surface area contributed by atoms with Crippen molar-refractivity contribution in [3.05, 3.63) is 95.6 Å². The number of anilines is 1. The first-order chi connectivity index (χ1) is 17.0. The summed E-state index contributed by atoms with van der Waals surface area (Å²) in [6.45, 7) is 7.15. The molecule has 4 rings (SSSR count). The van der Waals surface area contributed by atoms with E-state index in [-0.39, 0.29) is 17.1 Å². The van der Waals surface area contributed by atoms with Crippen molar-refractivity contribution in [2.45, 2.75) is 30.4 Å². The SMILES string of the molecule is Cc1cccc(C)c1NC(=O)CN1CCCN(C(=O)C(Sc2ccccc2)c2ccccc2)CC1. The average Bonchev–Trinajstić information content (AvgIpc) is 3.11. The highest BCUT2D eigenvalue weighted by molar-refractivity contribution is 8.00. The highest BCUT2D eigenvalue weighted by Crippen LogP contribution is 2.36. The molecule has 35 heavy (non-hydrogen) atoms. The zero-order valence-electron chi connectivity index (χ0n) is 20.4. The monoisotopic (exact) mass is 487 g/mol. The molecule has 3 aromatic carbocycles. The third kappa shape index (κ3) is 6.74. The van der Waals surface area contributed by atoms with Gasteiger partial charge in [-0.3, -0.25) is 14.5 Å². The molecule has 1 atom stereocenters. The predicted molar refractivity (Wildman–Crippen MR) is 144 cm³/mol. The van der Waals surface area contributed by atoms with E-state index in [1.807, 2.05) is 97.6 Å². The van der Waals surface area contributed by atoms with E-state index in [9.17, 15) is 9.59 Å². The number of hydrogen-bond acceptors (Lipinski definition) is 4. The number of para-hydroxylation sites is 1. The van der Waals surface area contributed by atoms with E-state index in [1.54, 1.807) is 11.8 Å². The van der Waals surface area contributed by atoms with Crippen LogP contribution in [0, 0.1) is 13.8 Å². The van der Waals surface area contributed by atoms with Crippen molar-refractivity contribution >= 4 is 29.3 Å². The molecule has 1 aliphatic rings. The van der Waals surface area contributed by atoms with Crippen molar-refractivity contribution < 1.29 is 9.59 Å². The number of carbonyl (C=O) groups excluding carboxylic acids is 2. The van der Waals surface area contributed by atoms with Crippen molar-refractivity contribution in [1.29, 1.82) is 0 Å². The lowest BCUT2D eigenvalue weighted by atomic mass is 10.1. The summed E-state index contributed by atoms with van der Waals surface area (Å²) in [5, 5.41) is 2.79. The van der Waals surface area contributed by atoms with Crippen LogP contribution in [0.2, 0.25) is 0 Å². The van der Waals surface area contributed by atoms with Gasteiger partial charge in [0.1, 0.15) is 5.25 Å². The standard InChI is InChI=1S/C29H33N3O2S/c1-22-11-9-12-23(2)27(22)30-26(33)21-31-17-10-18-32(20-19-31)29(34)28(24-13-5-3-6-14-24)35-25-15-7-4-8-16-25/h3-9,11-16,28H,10,17-21H2,1-2H3,(H,30,33). The summed E-state index contributed by atoms with van der Waals surface area (Å²) in [5.41, 5.74) is 4.04. The topological polar surface area (TPSA) is 52.7 Å². The maximum Gasteiger partial charge on any atom is 0.240 e. The molecular weight excluding hydrogens is 454 g/mol. The Kier molecular flexibility index (Phi) is 8.61. The number of carbonyl (C=O) groups is 2. The molecule has 0 bridgehead atoms. The molecule has 1 heterocycles. The molecule has 2 amide bonds. The fourth-order valence-corrected chi connectivity index (χ4v) is 5.56. The van der Waals surface area contributed by atoms with Crippen LogP contribution >= 0.6 is 11.8 Å². The summed E-state index contributed by atoms with van der Waals surface area (Å²) in [6.07, 6.45) is 0.847. The van der Waals surface area contributed by atoms with Gasteiger partial charge in [0.2, 0.25) is 11.8 Å². The minimum Gasteiger partial charge on any atom is -0.340 e. The molecule has 5 nitrogen and oxygen atoms in total. The van der Waals surface area contributed by atoms with Gasteiger partial charge in [0.25, 0.3) is 0 Å². The Morgan fingerprint density at radius 2 is 1.49 bits per heavy atom. The van der Waals surface area contributed by atoms with Crippen LogP contribution < -0.4 is 5.32 Å². The predicted octanol–water partition coefficient (Wildman–Crippen LogP) is 5.31. The molecule has 6 heteroatoms. The molecular formula is C29H33N3O2S. The first-order valence-corrected chi connectivity index (χ1v) is 13.0. The molecule has 0 saturated carbocycles. The van der Waals surface area contributed by atoms with Crippen molar-refractivity contribution in [3.8, 4) is 0 Å². The summed E-state index contributed by atoms with van der Waals surface area (Å²) in [4.78, 5) is 31.7. The van der Waals surface area contributed by atoms with Crippen molar-refractivity contribution in [2.24, 2.45) is 0 Å². The van der Waals surface area contributed by atoms with Crippen molar-refractivity contribution in [1.82, 2.24) is 9.80 Å². The van der Waals surface area contributed by atoms with Crippen LogP contribution in [-0.2, 0) is 9.59 Å². The number of rotatable bonds is 7. The zero-order valence-corrected chi connectivity index (χ0v) is 21.3. The number of amides is 2. The van der Waals surface area contributed by atoms with E-state index < -0.39 is 0 Å². The van der Waals surface area contributed by atoms with Gasteiger partial charge >= 0.3 is 0 Å². The third-order valence-electron chi connectivity index (χ3n) is 6.34. The number of aryl methyl sites for hydroxylation is 2. The summed E-state index contributed by atoms with van der Waals surface area (Å²) in [6, 6.07) is 26.1. The Balaban J connectivity index is 1.39. The summed E-state index contributed by atoms with van der Waals surface area (Å²) in [7, 11) is 0. The van der Waals surface area contributed by atoms with Crippen molar-refractivity contribution in [2.75, 3.05) is 38.0 Å². The minimum absolute atomic E-state index is 0.0102. The second-order valence-corrected chi connectivity index (χ2v) is 10.2. The molecule has 0 spiro atoms. The second kappa shape index (κ2) is 12.0. The van der Waals surface area contributed by atoms with Crippen LogP contribution in [0.15, 0.2) is 83.8 Å². The number of hydrogen-bond donors (Lipinski definition) is 1. The lowest BCUT2D eigenvalue weighted by molar-refractivity contribution is -0.130. The molecule has 0 aromatic heterocycles. The third-order valence-corrected chi connectivity index (χ3v) is 7.59. The first-order valence-electron chi connectivity index (χ1n) is 12.1. The smallest absolute Gasteiger partial charge is 0.240 e. The Morgan fingerprint density at radius 1 is 0.829 bits per heavy atom. The number of nitrogens with zero attached hydrogens (tertiary/aromatic N) is 2. The van der Waals surface area contributed by atoms with Gasteiger partial charge in [0.15, 0.2) is 0 Å². The molecule has 3 aromatic rings. The molecule has 182 valence electrons. The second-order valence-electron chi connectivity index (χ2n) is 8.99. The van der Waals surface area contributed by atoms with Gasteiger partial charge in [-0.25, -0.2) is 0 Å². The van der Waals surface area contributed by atoms with E-state index in [1.165, 1.54) is 0 Å². The fraction of sp³-hybridized carbons (Fsp3) is 0.310. The van der Waals surface area contributed by atoms with E-state index >= 15 is 0 Å². The molecule has 1 N–H and O–H groups in total. The van der Waals surface area contributed by atoms with Crippen LogP contribution in [-0.4, -0.2) is 54.3 Å². The Hall–Kier alpha value is -3.09. The lowest BCUT2D eigenvalue weighted by Gasteiger charge is -2.26. The Bertz CT molecular complexity index is 1120. The maximum absolute atomic E-state index is 13.7. The van der Waals surface area contributed by atoms with Gasteiger partial charge in [-0.05, 0) is 49.1 Å². The van der Waals surface area contributed by atoms with Gasteiger partial charge in [-0.1, -0.05) is 66.7 Å². The normalized spacial score (nSPS) is 15.3. The molecule has 1 unspecified atom stereocenters. The van der Waals surface area contributed by atoms with E-state index in [4.69, 9.17) is 0 Å². The maximum atomic E-state index is 13.7. The molecule has 1 fully saturated rings. The summed E-state index contributed by atoms with van der Waals surface area (Å²) < 4.78 is 0. The Morgan fingerprint density at radius 3 is 2.17 bits per heavy atom. The van der Waals surface area contributed by atoms with E-state index in [2.05, 4.69) is 10.2 Å². The highest BCUT2D eigenvalue weighted by atomic mass is 32.2. The van der Waals surface area contributed by atoms with Crippen LogP contribution in [0.25, 0.3) is 0 Å². The molecule has 1 saturated heterocycles. The molecule has 1 aliphatic heterocycles. The van der Waals surface area contributed by atoms with E-state index in [0.717, 1.165) is 40.2 Å². The van der Waals surface area contributed by atoms with Crippen molar-refractivity contribution in [3.63, 3.8) is 0 Å². The van der Waals surface area contributed by atoms with Crippen LogP contribution in [0.5, 0.6) is 0 Å². The fourth-order valence-electron chi connectivity index (χ4n) is 4.43. The number of thioether (sulfide) groups is 1. The summed E-state index contributed by atoms with van der Waals surface area (Å²) >= 11 is 1.60. The Labute approximate surface area is 212 Å². The highest BCUT2D eigenvalue weighted by Gasteiger charge is 2.29. The van der Waals surface area contributed by atoms with Gasteiger partial charge in [-0.2, -0.15) is 0 Å². The molecule has 0 aliphatic carbocycles. The average molecular weight is 488 g/mol. The first kappa shape index (κ1) is 25.0. The van der Waals surface area contributed by atoms with Gasteiger partial charge < -0.3 is 10.2 Å².